The lowest BCUT2D eigenvalue weighted by Crippen LogP contribution is -2.30. The van der Waals surface area contributed by atoms with Crippen molar-refractivity contribution in [1.29, 1.82) is 0 Å². The number of carbonyl (C=O) groups excluding carboxylic acids is 2. The molecule has 4 rings (SSSR count). The summed E-state index contributed by atoms with van der Waals surface area (Å²) in [6.45, 7) is 2.48. The zero-order valence-electron chi connectivity index (χ0n) is 20.5. The van der Waals surface area contributed by atoms with Gasteiger partial charge in [-0.2, -0.15) is 0 Å². The van der Waals surface area contributed by atoms with Crippen molar-refractivity contribution >= 4 is 22.8 Å². The highest BCUT2D eigenvalue weighted by Crippen LogP contribution is 2.25. The number of nitrogens with zero attached hydrogens (tertiary/aromatic N) is 1. The number of benzene rings is 2. The van der Waals surface area contributed by atoms with Crippen molar-refractivity contribution in [3.05, 3.63) is 99.3 Å². The number of hydrogen-bond acceptors (Lipinski definition) is 6. The Kier molecular flexibility index (Phi) is 7.53. The summed E-state index contributed by atoms with van der Waals surface area (Å²) in [6, 6.07) is 16.0. The minimum Gasteiger partial charge on any atom is -0.497 e. The SMILES string of the molecule is CNC(=O)c1ccc(CN(Cc2ccco2)C(=O)CCc2c(C)c3ccc(OC)cc3oc2=O)cc1. The van der Waals surface area contributed by atoms with Gasteiger partial charge in [0.1, 0.15) is 17.1 Å². The predicted molar refractivity (Wildman–Crippen MR) is 135 cm³/mol. The van der Waals surface area contributed by atoms with Gasteiger partial charge in [0.25, 0.3) is 5.91 Å². The van der Waals surface area contributed by atoms with E-state index in [9.17, 15) is 14.4 Å². The Hall–Kier alpha value is -4.33. The van der Waals surface area contributed by atoms with Crippen molar-refractivity contribution in [2.24, 2.45) is 0 Å². The summed E-state index contributed by atoms with van der Waals surface area (Å²) in [5, 5.41) is 3.40. The van der Waals surface area contributed by atoms with E-state index >= 15 is 0 Å². The summed E-state index contributed by atoms with van der Waals surface area (Å²) >= 11 is 0. The first-order chi connectivity index (χ1) is 17.4. The van der Waals surface area contributed by atoms with Crippen LogP contribution < -0.4 is 15.7 Å². The van der Waals surface area contributed by atoms with Crippen LogP contribution in [0.1, 0.15) is 39.2 Å². The minimum atomic E-state index is -0.455. The molecule has 2 aromatic carbocycles. The Labute approximate surface area is 208 Å². The molecule has 0 spiro atoms. The van der Waals surface area contributed by atoms with Crippen LogP contribution in [0.4, 0.5) is 0 Å². The smallest absolute Gasteiger partial charge is 0.339 e. The van der Waals surface area contributed by atoms with Gasteiger partial charge in [0, 0.05) is 42.6 Å². The number of aryl methyl sites for hydroxylation is 1. The van der Waals surface area contributed by atoms with Crippen LogP contribution in [0.2, 0.25) is 0 Å². The van der Waals surface area contributed by atoms with Crippen LogP contribution in [0.15, 0.2) is 74.5 Å². The van der Waals surface area contributed by atoms with Crippen LogP contribution in [-0.2, 0) is 24.3 Å². The van der Waals surface area contributed by atoms with Crippen LogP contribution in [0.5, 0.6) is 5.75 Å². The number of hydrogen-bond donors (Lipinski definition) is 1. The highest BCUT2D eigenvalue weighted by atomic mass is 16.5. The highest BCUT2D eigenvalue weighted by molar-refractivity contribution is 5.94. The second kappa shape index (κ2) is 10.9. The molecule has 0 fully saturated rings. The van der Waals surface area contributed by atoms with E-state index < -0.39 is 5.63 Å². The Bertz CT molecular complexity index is 1420. The van der Waals surface area contributed by atoms with E-state index in [1.54, 1.807) is 49.6 Å². The molecule has 8 nitrogen and oxygen atoms in total. The van der Waals surface area contributed by atoms with E-state index in [2.05, 4.69) is 5.32 Å². The highest BCUT2D eigenvalue weighted by Gasteiger charge is 2.19. The van der Waals surface area contributed by atoms with Crippen molar-refractivity contribution in [2.45, 2.75) is 32.9 Å². The van der Waals surface area contributed by atoms with Crippen molar-refractivity contribution in [3.8, 4) is 5.75 Å². The molecule has 186 valence electrons. The zero-order valence-corrected chi connectivity index (χ0v) is 20.5. The van der Waals surface area contributed by atoms with Crippen molar-refractivity contribution in [1.82, 2.24) is 10.2 Å². The van der Waals surface area contributed by atoms with Crippen molar-refractivity contribution < 1.29 is 23.2 Å². The second-order valence-corrected chi connectivity index (χ2v) is 8.46. The molecule has 8 heteroatoms. The molecule has 0 saturated carbocycles. The number of nitrogens with one attached hydrogen (secondary N) is 1. The van der Waals surface area contributed by atoms with Crippen molar-refractivity contribution in [2.75, 3.05) is 14.2 Å². The summed E-state index contributed by atoms with van der Waals surface area (Å²) < 4.78 is 16.2. The summed E-state index contributed by atoms with van der Waals surface area (Å²) in [7, 11) is 3.13. The van der Waals surface area contributed by atoms with Gasteiger partial charge in [-0.15, -0.1) is 0 Å². The van der Waals surface area contributed by atoms with Gasteiger partial charge in [0.05, 0.1) is 19.9 Å². The molecule has 1 N–H and O–H groups in total. The standard InChI is InChI=1S/C28H28N2O6/c1-18-23-11-10-21(34-3)15-25(23)36-28(33)24(18)12-13-26(31)30(17-22-5-4-14-35-22)16-19-6-8-20(9-7-19)27(32)29-2/h4-11,14-15H,12-13,16-17H2,1-3H3,(H,29,32). The summed E-state index contributed by atoms with van der Waals surface area (Å²) in [4.78, 5) is 39.5. The average Bonchev–Trinajstić information content (AvgIpc) is 3.40. The Morgan fingerprint density at radius 3 is 2.50 bits per heavy atom. The minimum absolute atomic E-state index is 0.129. The fourth-order valence-corrected chi connectivity index (χ4v) is 4.13. The molecule has 0 aliphatic carbocycles. The lowest BCUT2D eigenvalue weighted by molar-refractivity contribution is -0.132. The van der Waals surface area contributed by atoms with Gasteiger partial charge >= 0.3 is 5.63 Å². The maximum Gasteiger partial charge on any atom is 0.339 e. The Balaban J connectivity index is 1.53. The van der Waals surface area contributed by atoms with E-state index in [0.717, 1.165) is 16.5 Å². The molecule has 0 bridgehead atoms. The Morgan fingerprint density at radius 1 is 1.06 bits per heavy atom. The maximum absolute atomic E-state index is 13.3. The number of amides is 2. The number of ether oxygens (including phenoxy) is 1. The number of furan rings is 1. The van der Waals surface area contributed by atoms with E-state index in [0.29, 0.717) is 34.8 Å². The summed E-state index contributed by atoms with van der Waals surface area (Å²) in [5.41, 5.74) is 2.68. The molecule has 0 radical (unpaired) electrons. The molecular weight excluding hydrogens is 460 g/mol. The van der Waals surface area contributed by atoms with Gasteiger partial charge in [-0.3, -0.25) is 9.59 Å². The lowest BCUT2D eigenvalue weighted by Gasteiger charge is -2.22. The average molecular weight is 489 g/mol. The third-order valence-electron chi connectivity index (χ3n) is 6.18. The van der Waals surface area contributed by atoms with Gasteiger partial charge in [-0.1, -0.05) is 12.1 Å². The fraction of sp³-hybridized carbons (Fsp3) is 0.250. The summed E-state index contributed by atoms with van der Waals surface area (Å²) in [5.74, 6) is 0.953. The lowest BCUT2D eigenvalue weighted by atomic mass is 10.0. The first-order valence-corrected chi connectivity index (χ1v) is 11.6. The van der Waals surface area contributed by atoms with Gasteiger partial charge < -0.3 is 23.8 Å². The number of rotatable bonds is 9. The molecule has 2 heterocycles. The molecule has 0 unspecified atom stereocenters. The fourth-order valence-electron chi connectivity index (χ4n) is 4.13. The zero-order chi connectivity index (χ0) is 25.7. The predicted octanol–water partition coefficient (Wildman–Crippen LogP) is 4.22. The van der Waals surface area contributed by atoms with Gasteiger partial charge in [0.15, 0.2) is 0 Å². The van der Waals surface area contributed by atoms with Crippen LogP contribution in [0.3, 0.4) is 0 Å². The summed E-state index contributed by atoms with van der Waals surface area (Å²) in [6.07, 6.45) is 1.94. The quantitative estimate of drug-likeness (QED) is 0.354. The molecule has 2 amide bonds. The van der Waals surface area contributed by atoms with Gasteiger partial charge in [0.2, 0.25) is 5.91 Å². The van der Waals surface area contributed by atoms with Gasteiger partial charge in [-0.25, -0.2) is 4.79 Å². The number of fused-ring (bicyclic) bond motifs is 1. The molecule has 0 aliphatic rings. The third-order valence-corrected chi connectivity index (χ3v) is 6.18. The second-order valence-electron chi connectivity index (χ2n) is 8.46. The van der Waals surface area contributed by atoms with E-state index in [1.165, 1.54) is 0 Å². The van der Waals surface area contributed by atoms with Crippen LogP contribution in [0.25, 0.3) is 11.0 Å². The molecule has 36 heavy (non-hydrogen) atoms. The monoisotopic (exact) mass is 488 g/mol. The number of carbonyl (C=O) groups is 2. The molecule has 0 aliphatic heterocycles. The molecule has 0 atom stereocenters. The van der Waals surface area contributed by atoms with Gasteiger partial charge in [-0.05, 0) is 60.9 Å². The van der Waals surface area contributed by atoms with E-state index in [1.807, 2.05) is 37.3 Å². The van der Waals surface area contributed by atoms with Crippen LogP contribution >= 0.6 is 0 Å². The Morgan fingerprint density at radius 2 is 1.83 bits per heavy atom. The van der Waals surface area contributed by atoms with Crippen LogP contribution in [0, 0.1) is 6.92 Å². The van der Waals surface area contributed by atoms with Crippen LogP contribution in [-0.4, -0.2) is 30.9 Å². The van der Waals surface area contributed by atoms with E-state index in [4.69, 9.17) is 13.6 Å². The largest absolute Gasteiger partial charge is 0.497 e. The molecule has 2 aromatic heterocycles. The molecular formula is C28H28N2O6. The molecule has 0 saturated heterocycles. The maximum atomic E-state index is 13.3. The van der Waals surface area contributed by atoms with Crippen molar-refractivity contribution in [3.63, 3.8) is 0 Å². The first-order valence-electron chi connectivity index (χ1n) is 11.6. The first kappa shape index (κ1) is 24.8. The number of methoxy groups -OCH3 is 1. The normalized spacial score (nSPS) is 10.9. The topological polar surface area (TPSA) is 102 Å². The third kappa shape index (κ3) is 5.49. The van der Waals surface area contributed by atoms with E-state index in [-0.39, 0.29) is 31.2 Å². The molecule has 4 aromatic rings.